The van der Waals surface area contributed by atoms with E-state index < -0.39 is 0 Å². The summed E-state index contributed by atoms with van der Waals surface area (Å²) < 4.78 is 0.698. The highest BCUT2D eigenvalue weighted by molar-refractivity contribution is 14.1. The van der Waals surface area contributed by atoms with E-state index in [0.717, 1.165) is 31.4 Å². The number of anilines is 1. The van der Waals surface area contributed by atoms with Gasteiger partial charge in [0.05, 0.1) is 6.33 Å². The van der Waals surface area contributed by atoms with Gasteiger partial charge in [-0.1, -0.05) is 0 Å². The molecule has 0 aromatic carbocycles. The predicted octanol–water partition coefficient (Wildman–Crippen LogP) is 1.20. The van der Waals surface area contributed by atoms with Crippen molar-refractivity contribution in [1.29, 1.82) is 0 Å². The lowest BCUT2D eigenvalue weighted by molar-refractivity contribution is 0.376. The second-order valence-electron chi connectivity index (χ2n) is 4.69. The monoisotopic (exact) mass is 362 g/mol. The van der Waals surface area contributed by atoms with E-state index in [2.05, 4.69) is 42.8 Å². The lowest BCUT2D eigenvalue weighted by atomic mass is 9.93. The zero-order chi connectivity index (χ0) is 13.0. The smallest absolute Gasteiger partial charge is 0.266 e. The molecule has 1 aliphatic rings. The summed E-state index contributed by atoms with van der Waals surface area (Å²) in [5.74, 6) is 1.64. The second kappa shape index (κ2) is 6.51. The maximum absolute atomic E-state index is 11.6. The SMILES string of the molecule is CNCCC1CCN(c2nc[nH]c(=O)c2I)CC1. The molecule has 0 atom stereocenters. The van der Waals surface area contributed by atoms with Gasteiger partial charge in [0.1, 0.15) is 9.39 Å². The molecular formula is C12H19IN4O. The van der Waals surface area contributed by atoms with Gasteiger partial charge < -0.3 is 15.2 Å². The minimum atomic E-state index is -0.0436. The Labute approximate surface area is 121 Å². The van der Waals surface area contributed by atoms with Crippen molar-refractivity contribution in [2.75, 3.05) is 31.6 Å². The van der Waals surface area contributed by atoms with Gasteiger partial charge in [-0.05, 0) is 61.4 Å². The lowest BCUT2D eigenvalue weighted by Gasteiger charge is -2.33. The van der Waals surface area contributed by atoms with E-state index in [0.29, 0.717) is 3.57 Å². The Bertz CT molecular complexity index is 440. The van der Waals surface area contributed by atoms with Gasteiger partial charge in [0.15, 0.2) is 0 Å². The zero-order valence-corrected chi connectivity index (χ0v) is 12.7. The predicted molar refractivity (Wildman–Crippen MR) is 81.1 cm³/mol. The molecule has 1 fully saturated rings. The van der Waals surface area contributed by atoms with Crippen LogP contribution in [0.15, 0.2) is 11.1 Å². The molecule has 0 aliphatic carbocycles. The topological polar surface area (TPSA) is 61.0 Å². The molecule has 100 valence electrons. The van der Waals surface area contributed by atoms with Crippen LogP contribution in [-0.2, 0) is 0 Å². The molecule has 6 heteroatoms. The molecule has 5 nitrogen and oxygen atoms in total. The fourth-order valence-electron chi connectivity index (χ4n) is 2.38. The van der Waals surface area contributed by atoms with E-state index in [4.69, 9.17) is 0 Å². The largest absolute Gasteiger partial charge is 0.356 e. The Hall–Kier alpha value is -0.630. The van der Waals surface area contributed by atoms with Crippen LogP contribution in [0.3, 0.4) is 0 Å². The minimum absolute atomic E-state index is 0.0436. The Balaban J connectivity index is 1.97. The molecule has 0 bridgehead atoms. The van der Waals surface area contributed by atoms with Crippen LogP contribution in [0.25, 0.3) is 0 Å². The molecule has 2 rings (SSSR count). The maximum atomic E-state index is 11.6. The number of nitrogens with zero attached hydrogens (tertiary/aromatic N) is 2. The molecule has 1 saturated heterocycles. The van der Waals surface area contributed by atoms with Gasteiger partial charge in [0.2, 0.25) is 0 Å². The molecular weight excluding hydrogens is 343 g/mol. The van der Waals surface area contributed by atoms with Gasteiger partial charge in [-0.3, -0.25) is 4.79 Å². The van der Waals surface area contributed by atoms with Gasteiger partial charge in [-0.2, -0.15) is 0 Å². The average Bonchev–Trinajstić information content (AvgIpc) is 2.40. The first-order valence-electron chi connectivity index (χ1n) is 6.35. The highest BCUT2D eigenvalue weighted by Gasteiger charge is 2.21. The molecule has 1 aromatic heterocycles. The first-order chi connectivity index (χ1) is 8.72. The first-order valence-corrected chi connectivity index (χ1v) is 7.43. The molecule has 1 aliphatic heterocycles. The summed E-state index contributed by atoms with van der Waals surface area (Å²) in [4.78, 5) is 20.7. The number of H-pyrrole nitrogens is 1. The second-order valence-corrected chi connectivity index (χ2v) is 5.77. The number of hydrogen-bond donors (Lipinski definition) is 2. The summed E-state index contributed by atoms with van der Waals surface area (Å²) in [6, 6.07) is 0. The number of aromatic amines is 1. The van der Waals surface area contributed by atoms with Crippen molar-refractivity contribution in [1.82, 2.24) is 15.3 Å². The normalized spacial score (nSPS) is 17.1. The Kier molecular flexibility index (Phi) is 4.99. The zero-order valence-electron chi connectivity index (χ0n) is 10.6. The summed E-state index contributed by atoms with van der Waals surface area (Å²) in [5.41, 5.74) is -0.0436. The summed E-state index contributed by atoms with van der Waals surface area (Å²) >= 11 is 2.08. The molecule has 0 unspecified atom stereocenters. The van der Waals surface area contributed by atoms with Crippen LogP contribution in [0.1, 0.15) is 19.3 Å². The van der Waals surface area contributed by atoms with Crippen molar-refractivity contribution in [2.24, 2.45) is 5.92 Å². The van der Waals surface area contributed by atoms with Crippen molar-refractivity contribution in [2.45, 2.75) is 19.3 Å². The Morgan fingerprint density at radius 2 is 2.28 bits per heavy atom. The molecule has 0 saturated carbocycles. The third-order valence-corrected chi connectivity index (χ3v) is 4.47. The van der Waals surface area contributed by atoms with E-state index in [1.165, 1.54) is 25.6 Å². The summed E-state index contributed by atoms with van der Waals surface area (Å²) in [6.45, 7) is 3.09. The molecule has 0 amide bonds. The Morgan fingerprint density at radius 1 is 1.56 bits per heavy atom. The van der Waals surface area contributed by atoms with Gasteiger partial charge in [-0.15, -0.1) is 0 Å². The van der Waals surface area contributed by atoms with Gasteiger partial charge in [0.25, 0.3) is 5.56 Å². The van der Waals surface area contributed by atoms with Crippen LogP contribution in [0.2, 0.25) is 0 Å². The van der Waals surface area contributed by atoms with E-state index in [-0.39, 0.29) is 5.56 Å². The van der Waals surface area contributed by atoms with Crippen molar-refractivity contribution >= 4 is 28.4 Å². The summed E-state index contributed by atoms with van der Waals surface area (Å²) in [5, 5.41) is 3.20. The van der Waals surface area contributed by atoms with Gasteiger partial charge >= 0.3 is 0 Å². The number of rotatable bonds is 4. The van der Waals surface area contributed by atoms with E-state index in [9.17, 15) is 4.79 Å². The standard InChI is InChI=1S/C12H19IN4O/c1-14-5-2-9-3-6-17(7-4-9)11-10(13)12(18)16-8-15-11/h8-9,14H,2-7H2,1H3,(H,15,16,18). The number of hydrogen-bond acceptors (Lipinski definition) is 4. The maximum Gasteiger partial charge on any atom is 0.266 e. The van der Waals surface area contributed by atoms with E-state index in [1.807, 2.05) is 7.05 Å². The third-order valence-electron chi connectivity index (χ3n) is 3.49. The minimum Gasteiger partial charge on any atom is -0.356 e. The third kappa shape index (κ3) is 3.23. The fourth-order valence-corrected chi connectivity index (χ4v) is 3.01. The van der Waals surface area contributed by atoms with Gasteiger partial charge in [0, 0.05) is 13.1 Å². The molecule has 1 aromatic rings. The molecule has 0 spiro atoms. The number of piperidine rings is 1. The Morgan fingerprint density at radius 3 is 2.94 bits per heavy atom. The lowest BCUT2D eigenvalue weighted by Crippen LogP contribution is -2.36. The van der Waals surface area contributed by atoms with Crippen molar-refractivity contribution in [3.63, 3.8) is 0 Å². The van der Waals surface area contributed by atoms with Crippen LogP contribution in [0.4, 0.5) is 5.82 Å². The molecule has 2 N–H and O–H groups in total. The highest BCUT2D eigenvalue weighted by Crippen LogP contribution is 2.25. The average molecular weight is 362 g/mol. The van der Waals surface area contributed by atoms with E-state index in [1.54, 1.807) is 0 Å². The van der Waals surface area contributed by atoms with Crippen molar-refractivity contribution in [3.05, 3.63) is 20.3 Å². The van der Waals surface area contributed by atoms with Crippen LogP contribution >= 0.6 is 22.6 Å². The molecule has 2 heterocycles. The van der Waals surface area contributed by atoms with Crippen LogP contribution in [0.5, 0.6) is 0 Å². The van der Waals surface area contributed by atoms with E-state index >= 15 is 0 Å². The van der Waals surface area contributed by atoms with Crippen molar-refractivity contribution < 1.29 is 0 Å². The number of aromatic nitrogens is 2. The highest BCUT2D eigenvalue weighted by atomic mass is 127. The fraction of sp³-hybridized carbons (Fsp3) is 0.667. The quantitative estimate of drug-likeness (QED) is 0.791. The number of halogens is 1. The summed E-state index contributed by atoms with van der Waals surface area (Å²) in [7, 11) is 2.00. The molecule has 18 heavy (non-hydrogen) atoms. The first kappa shape index (κ1) is 13.8. The number of nitrogens with one attached hydrogen (secondary N) is 2. The van der Waals surface area contributed by atoms with Crippen LogP contribution in [0, 0.1) is 9.49 Å². The van der Waals surface area contributed by atoms with Gasteiger partial charge in [-0.25, -0.2) is 4.98 Å². The van der Waals surface area contributed by atoms with Crippen molar-refractivity contribution in [3.8, 4) is 0 Å². The summed E-state index contributed by atoms with van der Waals surface area (Å²) in [6.07, 6.45) is 5.11. The van der Waals surface area contributed by atoms with Crippen LogP contribution < -0.4 is 15.8 Å². The van der Waals surface area contributed by atoms with Crippen LogP contribution in [-0.4, -0.2) is 36.6 Å². The molecule has 0 radical (unpaired) electrons.